The number of rotatable bonds is 4. The SMILES string of the molecule is CCOC(=O)[C@@H]1O[C@H]1c1ccc(OC(C)=O)cc1. The van der Waals surface area contributed by atoms with Gasteiger partial charge in [0.15, 0.2) is 6.10 Å². The first-order chi connectivity index (χ1) is 8.61. The molecule has 1 fully saturated rings. The van der Waals surface area contributed by atoms with Gasteiger partial charge in [-0.05, 0) is 24.6 Å². The summed E-state index contributed by atoms with van der Waals surface area (Å²) in [5.74, 6) is -0.235. The smallest absolute Gasteiger partial charge is 0.338 e. The summed E-state index contributed by atoms with van der Waals surface area (Å²) in [7, 11) is 0. The second kappa shape index (κ2) is 5.18. The predicted molar refractivity (Wildman–Crippen MR) is 62.0 cm³/mol. The molecule has 1 aromatic rings. The van der Waals surface area contributed by atoms with Crippen LogP contribution < -0.4 is 4.74 Å². The van der Waals surface area contributed by atoms with Gasteiger partial charge in [0.2, 0.25) is 0 Å². The lowest BCUT2D eigenvalue weighted by Crippen LogP contribution is -2.11. The van der Waals surface area contributed by atoms with Crippen molar-refractivity contribution in [2.24, 2.45) is 0 Å². The highest BCUT2D eigenvalue weighted by atomic mass is 16.6. The van der Waals surface area contributed by atoms with E-state index in [1.165, 1.54) is 6.92 Å². The average molecular weight is 250 g/mol. The maximum Gasteiger partial charge on any atom is 0.338 e. The Morgan fingerprint density at radius 2 is 1.94 bits per heavy atom. The Kier molecular flexibility index (Phi) is 3.62. The monoisotopic (exact) mass is 250 g/mol. The van der Waals surface area contributed by atoms with Crippen molar-refractivity contribution in [3.8, 4) is 5.75 Å². The topological polar surface area (TPSA) is 65.1 Å². The summed E-state index contributed by atoms with van der Waals surface area (Å²) in [4.78, 5) is 22.1. The Hall–Kier alpha value is -1.88. The molecule has 1 aliphatic rings. The van der Waals surface area contributed by atoms with Crippen molar-refractivity contribution in [3.05, 3.63) is 29.8 Å². The summed E-state index contributed by atoms with van der Waals surface area (Å²) in [6.07, 6.45) is -0.764. The van der Waals surface area contributed by atoms with Gasteiger partial charge in [-0.15, -0.1) is 0 Å². The zero-order valence-electron chi connectivity index (χ0n) is 10.2. The van der Waals surface area contributed by atoms with Crippen LogP contribution in [0.3, 0.4) is 0 Å². The molecule has 2 rings (SSSR count). The number of carbonyl (C=O) groups is 2. The first-order valence-corrected chi connectivity index (χ1v) is 5.72. The standard InChI is InChI=1S/C13H14O5/c1-3-16-13(15)12-11(18-12)9-4-6-10(7-5-9)17-8(2)14/h4-7,11-12H,3H2,1-2H3/t11-,12+/m0/s1. The van der Waals surface area contributed by atoms with Crippen molar-refractivity contribution in [3.63, 3.8) is 0 Å². The summed E-state index contributed by atoms with van der Waals surface area (Å²) >= 11 is 0. The van der Waals surface area contributed by atoms with E-state index in [1.807, 2.05) is 0 Å². The molecule has 1 saturated heterocycles. The predicted octanol–water partition coefficient (Wildman–Crippen LogP) is 1.61. The summed E-state index contributed by atoms with van der Waals surface area (Å²) < 4.78 is 15.0. The third kappa shape index (κ3) is 2.87. The Balaban J connectivity index is 1.96. The van der Waals surface area contributed by atoms with Gasteiger partial charge in [0, 0.05) is 6.92 Å². The van der Waals surface area contributed by atoms with E-state index in [9.17, 15) is 9.59 Å². The van der Waals surface area contributed by atoms with E-state index in [0.717, 1.165) is 5.56 Å². The van der Waals surface area contributed by atoms with Gasteiger partial charge in [0.05, 0.1) is 6.61 Å². The minimum atomic E-state index is -0.510. The van der Waals surface area contributed by atoms with Crippen LogP contribution in [-0.4, -0.2) is 24.6 Å². The maximum atomic E-state index is 11.4. The van der Waals surface area contributed by atoms with Gasteiger partial charge in [-0.3, -0.25) is 4.79 Å². The minimum Gasteiger partial charge on any atom is -0.464 e. The molecule has 0 radical (unpaired) electrons. The zero-order chi connectivity index (χ0) is 13.1. The van der Waals surface area contributed by atoms with Crippen LogP contribution in [0.25, 0.3) is 0 Å². The molecular weight excluding hydrogens is 236 g/mol. The van der Waals surface area contributed by atoms with Gasteiger partial charge in [-0.1, -0.05) is 12.1 Å². The summed E-state index contributed by atoms with van der Waals surface area (Å²) in [6.45, 7) is 3.44. The molecule has 0 amide bonds. The molecule has 1 heterocycles. The second-order valence-corrected chi connectivity index (χ2v) is 3.89. The molecule has 0 saturated carbocycles. The maximum absolute atomic E-state index is 11.4. The fourth-order valence-electron chi connectivity index (χ4n) is 1.66. The molecule has 1 aromatic carbocycles. The van der Waals surface area contributed by atoms with Crippen molar-refractivity contribution >= 4 is 11.9 Å². The number of epoxide rings is 1. The van der Waals surface area contributed by atoms with E-state index in [0.29, 0.717) is 12.4 Å². The van der Waals surface area contributed by atoms with Gasteiger partial charge >= 0.3 is 11.9 Å². The zero-order valence-corrected chi connectivity index (χ0v) is 10.2. The largest absolute Gasteiger partial charge is 0.464 e. The Bertz CT molecular complexity index is 451. The highest BCUT2D eigenvalue weighted by molar-refractivity contribution is 5.78. The van der Waals surface area contributed by atoms with E-state index < -0.39 is 6.10 Å². The van der Waals surface area contributed by atoms with E-state index in [-0.39, 0.29) is 18.0 Å². The normalized spacial score (nSPS) is 21.2. The first-order valence-electron chi connectivity index (χ1n) is 5.72. The molecule has 0 N–H and O–H groups in total. The number of hydrogen-bond acceptors (Lipinski definition) is 5. The number of benzene rings is 1. The highest BCUT2D eigenvalue weighted by Crippen LogP contribution is 2.39. The molecule has 18 heavy (non-hydrogen) atoms. The Labute approximate surface area is 105 Å². The first kappa shape index (κ1) is 12.6. The third-order valence-electron chi connectivity index (χ3n) is 2.48. The minimum absolute atomic E-state index is 0.254. The lowest BCUT2D eigenvalue weighted by Gasteiger charge is -2.01. The lowest BCUT2D eigenvalue weighted by molar-refractivity contribution is -0.144. The fraction of sp³-hybridized carbons (Fsp3) is 0.385. The average Bonchev–Trinajstić information content (AvgIpc) is 3.09. The van der Waals surface area contributed by atoms with Gasteiger partial charge in [-0.25, -0.2) is 4.79 Å². The van der Waals surface area contributed by atoms with Crippen LogP contribution >= 0.6 is 0 Å². The van der Waals surface area contributed by atoms with Crippen LogP contribution in [0.15, 0.2) is 24.3 Å². The summed E-state index contributed by atoms with van der Waals surface area (Å²) in [5, 5.41) is 0. The van der Waals surface area contributed by atoms with Crippen molar-refractivity contribution in [1.82, 2.24) is 0 Å². The number of carbonyl (C=O) groups excluding carboxylic acids is 2. The molecule has 5 heteroatoms. The highest BCUT2D eigenvalue weighted by Gasteiger charge is 2.47. The van der Waals surface area contributed by atoms with Crippen LogP contribution in [0.1, 0.15) is 25.5 Å². The van der Waals surface area contributed by atoms with E-state index in [4.69, 9.17) is 14.2 Å². The molecule has 5 nitrogen and oxygen atoms in total. The van der Waals surface area contributed by atoms with Crippen molar-refractivity contribution < 1.29 is 23.8 Å². The van der Waals surface area contributed by atoms with Crippen molar-refractivity contribution in [2.45, 2.75) is 26.1 Å². The molecule has 0 spiro atoms. The Morgan fingerprint density at radius 3 is 2.50 bits per heavy atom. The molecule has 0 aromatic heterocycles. The molecule has 2 atom stereocenters. The van der Waals surface area contributed by atoms with E-state index in [2.05, 4.69) is 0 Å². The van der Waals surface area contributed by atoms with Crippen LogP contribution in [0.4, 0.5) is 0 Å². The fourth-order valence-corrected chi connectivity index (χ4v) is 1.66. The van der Waals surface area contributed by atoms with Gasteiger partial charge in [0.1, 0.15) is 11.9 Å². The van der Waals surface area contributed by atoms with Crippen molar-refractivity contribution in [1.29, 1.82) is 0 Å². The number of esters is 2. The molecule has 96 valence electrons. The molecule has 0 unspecified atom stereocenters. The summed E-state index contributed by atoms with van der Waals surface area (Å²) in [5.41, 5.74) is 0.865. The quantitative estimate of drug-likeness (QED) is 0.461. The third-order valence-corrected chi connectivity index (χ3v) is 2.48. The molecule has 0 aliphatic carbocycles. The van der Waals surface area contributed by atoms with Crippen LogP contribution in [0.2, 0.25) is 0 Å². The number of ether oxygens (including phenoxy) is 3. The molecule has 0 bridgehead atoms. The van der Waals surface area contributed by atoms with E-state index >= 15 is 0 Å². The second-order valence-electron chi connectivity index (χ2n) is 3.89. The van der Waals surface area contributed by atoms with Gasteiger partial charge in [-0.2, -0.15) is 0 Å². The number of hydrogen-bond donors (Lipinski definition) is 0. The molecular formula is C13H14O5. The van der Waals surface area contributed by atoms with Crippen molar-refractivity contribution in [2.75, 3.05) is 6.61 Å². The van der Waals surface area contributed by atoms with Crippen LogP contribution in [0, 0.1) is 0 Å². The molecule has 1 aliphatic heterocycles. The van der Waals surface area contributed by atoms with Gasteiger partial charge in [0.25, 0.3) is 0 Å². The Morgan fingerprint density at radius 1 is 1.28 bits per heavy atom. The van der Waals surface area contributed by atoms with Crippen LogP contribution in [0.5, 0.6) is 5.75 Å². The van der Waals surface area contributed by atoms with E-state index in [1.54, 1.807) is 31.2 Å². The summed E-state index contributed by atoms with van der Waals surface area (Å²) in [6, 6.07) is 6.87. The van der Waals surface area contributed by atoms with Crippen LogP contribution in [-0.2, 0) is 19.1 Å². The van der Waals surface area contributed by atoms with Gasteiger partial charge < -0.3 is 14.2 Å². The lowest BCUT2D eigenvalue weighted by atomic mass is 10.1.